The summed E-state index contributed by atoms with van der Waals surface area (Å²) >= 11 is 5.89. The Hall–Kier alpha value is -1.11. The second-order valence-electron chi connectivity index (χ2n) is 4.12. The van der Waals surface area contributed by atoms with Gasteiger partial charge in [0.1, 0.15) is 5.02 Å². The van der Waals surface area contributed by atoms with Crippen LogP contribution in [0.25, 0.3) is 0 Å². The summed E-state index contributed by atoms with van der Waals surface area (Å²) in [6.07, 6.45) is 2.86. The van der Waals surface area contributed by atoms with Crippen molar-refractivity contribution in [2.45, 2.75) is 18.4 Å². The molecule has 7 heteroatoms. The lowest BCUT2D eigenvalue weighted by molar-refractivity contribution is 0.0627. The van der Waals surface area contributed by atoms with Gasteiger partial charge in [-0.25, -0.2) is 4.98 Å². The number of nitrogens with zero attached hydrogens (tertiary/aromatic N) is 1. The molecule has 0 amide bonds. The fourth-order valence-electron chi connectivity index (χ4n) is 1.86. The van der Waals surface area contributed by atoms with Crippen molar-refractivity contribution in [1.29, 1.82) is 0 Å². The maximum Gasteiger partial charge on any atom is 0.271 e. The molecule has 0 aliphatic carbocycles. The summed E-state index contributed by atoms with van der Waals surface area (Å²) in [6, 6.07) is 0. The molecular weight excluding hydrogens is 244 g/mol. The fourth-order valence-corrected chi connectivity index (χ4v) is 2.01. The van der Waals surface area contributed by atoms with E-state index < -0.39 is 0 Å². The Morgan fingerprint density at radius 2 is 2.29 bits per heavy atom. The van der Waals surface area contributed by atoms with Crippen molar-refractivity contribution < 1.29 is 4.74 Å². The van der Waals surface area contributed by atoms with Gasteiger partial charge in [-0.1, -0.05) is 11.6 Å². The number of aromatic nitrogens is 2. The molecule has 17 heavy (non-hydrogen) atoms. The number of ether oxygens (including phenoxy) is 1. The zero-order chi connectivity index (χ0) is 12.3. The average Bonchev–Trinajstić information content (AvgIpc) is 2.36. The molecule has 1 aliphatic rings. The van der Waals surface area contributed by atoms with E-state index in [0.717, 1.165) is 12.8 Å². The van der Waals surface area contributed by atoms with Gasteiger partial charge < -0.3 is 20.8 Å². The molecule has 6 nitrogen and oxygen atoms in total. The number of halogens is 1. The summed E-state index contributed by atoms with van der Waals surface area (Å²) < 4.78 is 5.30. The van der Waals surface area contributed by atoms with Crippen LogP contribution in [0.3, 0.4) is 0 Å². The molecule has 0 atom stereocenters. The Kier molecular flexibility index (Phi) is 3.66. The van der Waals surface area contributed by atoms with E-state index in [9.17, 15) is 4.79 Å². The van der Waals surface area contributed by atoms with Crippen molar-refractivity contribution in [3.63, 3.8) is 0 Å². The third kappa shape index (κ3) is 2.59. The van der Waals surface area contributed by atoms with Crippen LogP contribution in [0.4, 0.5) is 5.82 Å². The van der Waals surface area contributed by atoms with Crippen LogP contribution in [0.2, 0.25) is 5.02 Å². The van der Waals surface area contributed by atoms with E-state index in [-0.39, 0.29) is 16.1 Å². The van der Waals surface area contributed by atoms with E-state index in [1.54, 1.807) is 0 Å². The fraction of sp³-hybridized carbons (Fsp3) is 0.600. The summed E-state index contributed by atoms with van der Waals surface area (Å²) in [5, 5.41) is 3.25. The van der Waals surface area contributed by atoms with Gasteiger partial charge >= 0.3 is 0 Å². The van der Waals surface area contributed by atoms with E-state index in [2.05, 4.69) is 15.3 Å². The van der Waals surface area contributed by atoms with E-state index >= 15 is 0 Å². The Balaban J connectivity index is 2.23. The number of rotatable bonds is 3. The van der Waals surface area contributed by atoms with Gasteiger partial charge in [0, 0.05) is 19.8 Å². The molecule has 1 saturated heterocycles. The van der Waals surface area contributed by atoms with Crippen LogP contribution < -0.4 is 16.6 Å². The van der Waals surface area contributed by atoms with Gasteiger partial charge in [0.15, 0.2) is 5.82 Å². The second kappa shape index (κ2) is 5.03. The summed E-state index contributed by atoms with van der Waals surface area (Å²) in [7, 11) is 0. The standard InChI is InChI=1S/C10H15ClN4O2/c11-7-8(13-6-14-9(7)16)15-10(5-12)1-3-17-4-2-10/h6H,1-5,12H2,(H2,13,14,15,16). The summed E-state index contributed by atoms with van der Waals surface area (Å²) in [6.45, 7) is 1.73. The third-order valence-electron chi connectivity index (χ3n) is 3.02. The minimum absolute atomic E-state index is 0.0619. The number of H-pyrrole nitrogens is 1. The first-order chi connectivity index (χ1) is 8.17. The van der Waals surface area contributed by atoms with Gasteiger partial charge in [-0.15, -0.1) is 0 Å². The first-order valence-electron chi connectivity index (χ1n) is 5.46. The molecule has 0 saturated carbocycles. The number of hydrogen-bond acceptors (Lipinski definition) is 5. The van der Waals surface area contributed by atoms with E-state index in [4.69, 9.17) is 22.1 Å². The van der Waals surface area contributed by atoms with E-state index in [0.29, 0.717) is 25.6 Å². The SMILES string of the molecule is NCC1(Nc2nc[nH]c(=O)c2Cl)CCOCC1. The molecular formula is C10H15ClN4O2. The van der Waals surface area contributed by atoms with Crippen molar-refractivity contribution >= 4 is 17.4 Å². The van der Waals surface area contributed by atoms with Crippen molar-refractivity contribution in [3.8, 4) is 0 Å². The molecule has 1 fully saturated rings. The Bertz CT molecular complexity index is 442. The van der Waals surface area contributed by atoms with Gasteiger partial charge in [0.25, 0.3) is 5.56 Å². The normalized spacial score (nSPS) is 18.9. The van der Waals surface area contributed by atoms with Gasteiger partial charge in [-0.05, 0) is 12.8 Å². The molecule has 94 valence electrons. The van der Waals surface area contributed by atoms with Crippen LogP contribution >= 0.6 is 11.6 Å². The van der Waals surface area contributed by atoms with Crippen LogP contribution in [0.15, 0.2) is 11.1 Å². The molecule has 2 rings (SSSR count). The summed E-state index contributed by atoms with van der Waals surface area (Å²) in [5.41, 5.74) is 5.15. The lowest BCUT2D eigenvalue weighted by Gasteiger charge is -2.37. The van der Waals surface area contributed by atoms with Crippen molar-refractivity contribution in [2.24, 2.45) is 5.73 Å². The molecule has 1 aliphatic heterocycles. The van der Waals surface area contributed by atoms with Crippen molar-refractivity contribution in [3.05, 3.63) is 21.7 Å². The van der Waals surface area contributed by atoms with Gasteiger partial charge in [-0.2, -0.15) is 0 Å². The van der Waals surface area contributed by atoms with Crippen molar-refractivity contribution in [2.75, 3.05) is 25.1 Å². The molecule has 2 heterocycles. The Morgan fingerprint density at radius 3 is 2.94 bits per heavy atom. The molecule has 0 radical (unpaired) electrons. The van der Waals surface area contributed by atoms with Crippen LogP contribution in [-0.2, 0) is 4.74 Å². The van der Waals surface area contributed by atoms with Crippen molar-refractivity contribution in [1.82, 2.24) is 9.97 Å². The highest BCUT2D eigenvalue weighted by molar-refractivity contribution is 6.32. The number of aromatic amines is 1. The maximum atomic E-state index is 11.4. The van der Waals surface area contributed by atoms with Crippen LogP contribution in [0, 0.1) is 0 Å². The molecule has 0 unspecified atom stereocenters. The van der Waals surface area contributed by atoms with Crippen LogP contribution in [0.5, 0.6) is 0 Å². The number of anilines is 1. The molecule has 0 bridgehead atoms. The Morgan fingerprint density at radius 1 is 1.59 bits per heavy atom. The smallest absolute Gasteiger partial charge is 0.271 e. The maximum absolute atomic E-state index is 11.4. The van der Waals surface area contributed by atoms with E-state index in [1.807, 2.05) is 0 Å². The van der Waals surface area contributed by atoms with Gasteiger partial charge in [-0.3, -0.25) is 4.79 Å². The topological polar surface area (TPSA) is 93.0 Å². The quantitative estimate of drug-likeness (QED) is 0.727. The number of nitrogens with one attached hydrogen (secondary N) is 2. The minimum atomic E-state index is -0.358. The molecule has 0 aromatic carbocycles. The first kappa shape index (κ1) is 12.3. The molecule has 1 aromatic heterocycles. The molecule has 1 aromatic rings. The minimum Gasteiger partial charge on any atom is -0.381 e. The zero-order valence-corrected chi connectivity index (χ0v) is 10.1. The lowest BCUT2D eigenvalue weighted by atomic mass is 9.90. The summed E-state index contributed by atoms with van der Waals surface area (Å²) in [4.78, 5) is 17.8. The number of hydrogen-bond donors (Lipinski definition) is 3. The average molecular weight is 259 g/mol. The Labute approximate surface area is 104 Å². The number of nitrogens with two attached hydrogens (primary N) is 1. The monoisotopic (exact) mass is 258 g/mol. The highest BCUT2D eigenvalue weighted by atomic mass is 35.5. The van der Waals surface area contributed by atoms with E-state index in [1.165, 1.54) is 6.33 Å². The predicted molar refractivity (Wildman–Crippen MR) is 65.3 cm³/mol. The van der Waals surface area contributed by atoms with Gasteiger partial charge in [0.05, 0.1) is 11.9 Å². The van der Waals surface area contributed by atoms with Crippen LogP contribution in [-0.4, -0.2) is 35.3 Å². The van der Waals surface area contributed by atoms with Gasteiger partial charge in [0.2, 0.25) is 0 Å². The first-order valence-corrected chi connectivity index (χ1v) is 5.84. The lowest BCUT2D eigenvalue weighted by Crippen LogP contribution is -2.50. The molecule has 4 N–H and O–H groups in total. The zero-order valence-electron chi connectivity index (χ0n) is 9.33. The summed E-state index contributed by atoms with van der Waals surface area (Å²) in [5.74, 6) is 0.378. The second-order valence-corrected chi connectivity index (χ2v) is 4.49. The molecule has 0 spiro atoms. The highest BCUT2D eigenvalue weighted by Crippen LogP contribution is 2.26. The predicted octanol–water partition coefficient (Wildman–Crippen LogP) is 0.343. The largest absolute Gasteiger partial charge is 0.381 e. The third-order valence-corrected chi connectivity index (χ3v) is 3.37. The van der Waals surface area contributed by atoms with Crippen LogP contribution in [0.1, 0.15) is 12.8 Å². The highest BCUT2D eigenvalue weighted by Gasteiger charge is 2.32.